The summed E-state index contributed by atoms with van der Waals surface area (Å²) in [5, 5.41) is 10.5. The molecular weight excluding hydrogens is 390 g/mol. The number of rotatable bonds is 6. The van der Waals surface area contributed by atoms with Crippen molar-refractivity contribution in [2.24, 2.45) is 0 Å². The topological polar surface area (TPSA) is 61.0 Å². The van der Waals surface area contributed by atoms with Gasteiger partial charge in [-0.25, -0.2) is 4.98 Å². The molecule has 0 aliphatic rings. The highest BCUT2D eigenvalue weighted by atomic mass is 32.2. The molecule has 0 radical (unpaired) electrons. The van der Waals surface area contributed by atoms with E-state index < -0.39 is 0 Å². The minimum absolute atomic E-state index is 0.0107. The van der Waals surface area contributed by atoms with Crippen LogP contribution in [0.1, 0.15) is 23.6 Å². The van der Waals surface area contributed by atoms with Crippen LogP contribution >= 0.6 is 23.1 Å². The highest BCUT2D eigenvalue weighted by Crippen LogP contribution is 2.38. The maximum Gasteiger partial charge on any atom is 0.247 e. The quantitative estimate of drug-likeness (QED) is 0.362. The molecule has 2 aromatic carbocycles. The van der Waals surface area contributed by atoms with Crippen LogP contribution in [0, 0.1) is 6.92 Å². The Balaban J connectivity index is 1.46. The number of aryl methyl sites for hydroxylation is 1. The standard InChI is InChI=1S/C21H19N3O2S2/c1-13-4-6-15(7-5-13)18-12-27-21(22-18)28-14(2)19-23-24-20(26-19)16-8-10-17(25-3)11-9-16/h4-12,14H,1-3H3/t14-/m1/s1. The Kier molecular flexibility index (Phi) is 5.45. The fourth-order valence-electron chi connectivity index (χ4n) is 2.62. The summed E-state index contributed by atoms with van der Waals surface area (Å²) in [7, 11) is 1.64. The van der Waals surface area contributed by atoms with Crippen molar-refractivity contribution in [1.82, 2.24) is 15.2 Å². The number of nitrogens with zero attached hydrogens (tertiary/aromatic N) is 3. The van der Waals surface area contributed by atoms with Gasteiger partial charge in [0.25, 0.3) is 0 Å². The molecule has 5 nitrogen and oxygen atoms in total. The molecule has 0 saturated carbocycles. The number of hydrogen-bond donors (Lipinski definition) is 0. The van der Waals surface area contributed by atoms with Gasteiger partial charge in [0, 0.05) is 16.5 Å². The van der Waals surface area contributed by atoms with E-state index >= 15 is 0 Å². The van der Waals surface area contributed by atoms with E-state index in [-0.39, 0.29) is 5.25 Å². The Morgan fingerprint density at radius 2 is 1.71 bits per heavy atom. The Morgan fingerprint density at radius 1 is 1.00 bits per heavy atom. The van der Waals surface area contributed by atoms with Crippen LogP contribution in [0.25, 0.3) is 22.7 Å². The molecule has 7 heteroatoms. The fourth-order valence-corrected chi connectivity index (χ4v) is 4.62. The fraction of sp³-hybridized carbons (Fsp3) is 0.190. The van der Waals surface area contributed by atoms with Crippen molar-refractivity contribution in [3.8, 4) is 28.5 Å². The number of thiazole rings is 1. The number of aromatic nitrogens is 3. The minimum Gasteiger partial charge on any atom is -0.497 e. The molecule has 0 saturated heterocycles. The predicted molar refractivity (Wildman–Crippen MR) is 113 cm³/mol. The predicted octanol–water partition coefficient (Wildman–Crippen LogP) is 6.03. The molecule has 4 aromatic rings. The summed E-state index contributed by atoms with van der Waals surface area (Å²) < 4.78 is 12.0. The lowest BCUT2D eigenvalue weighted by Gasteiger charge is -2.03. The van der Waals surface area contributed by atoms with Gasteiger partial charge in [0.15, 0.2) is 4.34 Å². The van der Waals surface area contributed by atoms with Crippen LogP contribution < -0.4 is 4.74 Å². The number of ether oxygens (including phenoxy) is 1. The second-order valence-electron chi connectivity index (χ2n) is 6.30. The van der Waals surface area contributed by atoms with E-state index in [1.165, 1.54) is 5.56 Å². The Morgan fingerprint density at radius 3 is 2.43 bits per heavy atom. The molecule has 0 spiro atoms. The average molecular weight is 410 g/mol. The highest BCUT2D eigenvalue weighted by molar-refractivity contribution is 8.01. The zero-order chi connectivity index (χ0) is 19.5. The van der Waals surface area contributed by atoms with Crippen molar-refractivity contribution >= 4 is 23.1 Å². The van der Waals surface area contributed by atoms with Crippen LogP contribution in [0.5, 0.6) is 5.75 Å². The van der Waals surface area contributed by atoms with Gasteiger partial charge in [-0.15, -0.1) is 21.5 Å². The minimum atomic E-state index is 0.0107. The number of benzene rings is 2. The zero-order valence-corrected chi connectivity index (χ0v) is 17.4. The third kappa shape index (κ3) is 4.10. The van der Waals surface area contributed by atoms with Crippen LogP contribution in [-0.2, 0) is 0 Å². The van der Waals surface area contributed by atoms with Gasteiger partial charge in [-0.05, 0) is 38.1 Å². The largest absolute Gasteiger partial charge is 0.497 e. The molecule has 0 aliphatic carbocycles. The molecule has 2 aromatic heterocycles. The first-order chi connectivity index (χ1) is 13.6. The van der Waals surface area contributed by atoms with Crippen LogP contribution in [-0.4, -0.2) is 22.3 Å². The summed E-state index contributed by atoms with van der Waals surface area (Å²) >= 11 is 3.25. The van der Waals surface area contributed by atoms with E-state index in [2.05, 4.69) is 46.8 Å². The maximum atomic E-state index is 5.87. The first-order valence-electron chi connectivity index (χ1n) is 8.79. The molecule has 1 atom stereocenters. The van der Waals surface area contributed by atoms with Crippen molar-refractivity contribution in [3.63, 3.8) is 0 Å². The molecule has 142 valence electrons. The van der Waals surface area contributed by atoms with Crippen LogP contribution in [0.3, 0.4) is 0 Å². The molecule has 4 rings (SSSR count). The first-order valence-corrected chi connectivity index (χ1v) is 10.6. The molecule has 2 heterocycles. The average Bonchev–Trinajstić information content (AvgIpc) is 3.39. The van der Waals surface area contributed by atoms with E-state index in [4.69, 9.17) is 14.1 Å². The van der Waals surface area contributed by atoms with Crippen LogP contribution in [0.15, 0.2) is 62.7 Å². The highest BCUT2D eigenvalue weighted by Gasteiger charge is 2.18. The second-order valence-corrected chi connectivity index (χ2v) is 8.74. The van der Waals surface area contributed by atoms with E-state index in [0.717, 1.165) is 26.9 Å². The lowest BCUT2D eigenvalue weighted by Crippen LogP contribution is -1.88. The van der Waals surface area contributed by atoms with Gasteiger partial charge in [-0.2, -0.15) is 0 Å². The smallest absolute Gasteiger partial charge is 0.247 e. The van der Waals surface area contributed by atoms with Crippen molar-refractivity contribution < 1.29 is 9.15 Å². The van der Waals surface area contributed by atoms with E-state index in [0.29, 0.717) is 11.8 Å². The van der Waals surface area contributed by atoms with Crippen molar-refractivity contribution in [3.05, 3.63) is 65.4 Å². The normalized spacial score (nSPS) is 12.1. The number of methoxy groups -OCH3 is 1. The second kappa shape index (κ2) is 8.16. The Bertz CT molecular complexity index is 1060. The zero-order valence-electron chi connectivity index (χ0n) is 15.7. The molecule has 0 fully saturated rings. The van der Waals surface area contributed by atoms with E-state index in [1.54, 1.807) is 30.2 Å². The van der Waals surface area contributed by atoms with Gasteiger partial charge in [-0.3, -0.25) is 0 Å². The first kappa shape index (κ1) is 18.7. The Hall–Kier alpha value is -2.64. The molecule has 0 N–H and O–H groups in total. The van der Waals surface area contributed by atoms with Gasteiger partial charge in [0.1, 0.15) is 5.75 Å². The van der Waals surface area contributed by atoms with Crippen LogP contribution in [0.4, 0.5) is 0 Å². The SMILES string of the molecule is COc1ccc(-c2nnc([C@@H](C)Sc3nc(-c4ccc(C)cc4)cs3)o2)cc1. The van der Waals surface area contributed by atoms with Gasteiger partial charge in [-0.1, -0.05) is 41.6 Å². The van der Waals surface area contributed by atoms with E-state index in [1.807, 2.05) is 31.2 Å². The van der Waals surface area contributed by atoms with Gasteiger partial charge >= 0.3 is 0 Å². The van der Waals surface area contributed by atoms with Gasteiger partial charge in [0.2, 0.25) is 11.8 Å². The third-order valence-electron chi connectivity index (χ3n) is 4.23. The molecule has 0 bridgehead atoms. The number of thioether (sulfide) groups is 1. The molecule has 0 amide bonds. The molecule has 0 aliphatic heterocycles. The van der Waals surface area contributed by atoms with Gasteiger partial charge < -0.3 is 9.15 Å². The summed E-state index contributed by atoms with van der Waals surface area (Å²) in [6.07, 6.45) is 0. The molecular formula is C21H19N3O2S2. The third-order valence-corrected chi connectivity index (χ3v) is 6.29. The monoisotopic (exact) mass is 409 g/mol. The summed E-state index contributed by atoms with van der Waals surface area (Å²) in [6.45, 7) is 4.13. The van der Waals surface area contributed by atoms with Gasteiger partial charge in [0.05, 0.1) is 18.1 Å². The summed E-state index contributed by atoms with van der Waals surface area (Å²) in [4.78, 5) is 4.74. The Labute approximate surface area is 171 Å². The summed E-state index contributed by atoms with van der Waals surface area (Å²) in [5.41, 5.74) is 4.23. The maximum absolute atomic E-state index is 5.87. The van der Waals surface area contributed by atoms with Crippen molar-refractivity contribution in [1.29, 1.82) is 0 Å². The summed E-state index contributed by atoms with van der Waals surface area (Å²) in [5.74, 6) is 1.88. The molecule has 0 unspecified atom stereocenters. The number of hydrogen-bond acceptors (Lipinski definition) is 7. The lowest BCUT2D eigenvalue weighted by molar-refractivity contribution is 0.415. The van der Waals surface area contributed by atoms with E-state index in [9.17, 15) is 0 Å². The van der Waals surface area contributed by atoms with Crippen molar-refractivity contribution in [2.75, 3.05) is 7.11 Å². The molecule has 28 heavy (non-hydrogen) atoms. The lowest BCUT2D eigenvalue weighted by atomic mass is 10.1. The van der Waals surface area contributed by atoms with Crippen molar-refractivity contribution in [2.45, 2.75) is 23.4 Å². The van der Waals surface area contributed by atoms with Crippen LogP contribution in [0.2, 0.25) is 0 Å². The summed E-state index contributed by atoms with van der Waals surface area (Å²) in [6, 6.07) is 16.0.